The van der Waals surface area contributed by atoms with Gasteiger partial charge in [-0.3, -0.25) is 34.0 Å². The number of carboxylic acid groups (broad SMARTS) is 3. The number of aliphatic carboxylic acids is 3. The number of β-amino-alcohol motifs (C(OH)–C–C–N with tert-alkyl or cyclic N) is 1. The third-order valence-corrected chi connectivity index (χ3v) is 7.30. The lowest BCUT2D eigenvalue weighted by Crippen LogP contribution is -2.52. The SMILES string of the molecule is CCCCCCCC[N+](C)(C)CC(O)CN1CCN(CC(=O)O)CCN(CC(=O)O)CCN(CC(=O)O)CC1. The van der Waals surface area contributed by atoms with Gasteiger partial charge in [0.25, 0.3) is 0 Å². The maximum Gasteiger partial charge on any atom is 0.317 e. The normalized spacial score (nSPS) is 18.8. The molecule has 39 heavy (non-hydrogen) atoms. The van der Waals surface area contributed by atoms with E-state index in [2.05, 4.69) is 25.9 Å². The molecule has 0 aromatic carbocycles. The van der Waals surface area contributed by atoms with Crippen molar-refractivity contribution in [2.75, 3.05) is 106 Å². The number of carboxylic acids is 3. The maximum atomic E-state index is 11.5. The molecular formula is C27H54N5O7+. The van der Waals surface area contributed by atoms with Crippen molar-refractivity contribution >= 4 is 17.9 Å². The minimum atomic E-state index is -0.977. The van der Waals surface area contributed by atoms with Crippen LogP contribution in [0.4, 0.5) is 0 Å². The van der Waals surface area contributed by atoms with Crippen LogP contribution in [0.2, 0.25) is 0 Å². The monoisotopic (exact) mass is 560 g/mol. The van der Waals surface area contributed by atoms with Gasteiger partial charge in [-0.25, -0.2) is 0 Å². The molecule has 0 aromatic heterocycles. The highest BCUT2D eigenvalue weighted by molar-refractivity contribution is 5.69. The van der Waals surface area contributed by atoms with Gasteiger partial charge in [0.2, 0.25) is 0 Å². The number of rotatable bonds is 17. The first-order chi connectivity index (χ1) is 18.4. The van der Waals surface area contributed by atoms with Crippen LogP contribution in [0.15, 0.2) is 0 Å². The molecule has 0 bridgehead atoms. The standard InChI is InChI=1S/C27H53N5O7/c1-4-5-6-7-8-9-18-32(2,3)23-24(33)19-28-10-12-29(20-25(34)35)14-16-31(22-27(38)39)17-15-30(13-11-28)21-26(36)37/h24,33H,4-23H2,1-3H3,(H2-,34,35,36,37,38,39)/p+1. The Labute approximate surface area is 234 Å². The van der Waals surface area contributed by atoms with Gasteiger partial charge < -0.3 is 24.9 Å². The van der Waals surface area contributed by atoms with E-state index in [0.717, 1.165) is 17.4 Å². The summed E-state index contributed by atoms with van der Waals surface area (Å²) >= 11 is 0. The van der Waals surface area contributed by atoms with Crippen LogP contribution in [0.1, 0.15) is 45.4 Å². The average Bonchev–Trinajstić information content (AvgIpc) is 2.81. The molecule has 0 radical (unpaired) electrons. The smallest absolute Gasteiger partial charge is 0.317 e. The minimum absolute atomic E-state index is 0.148. The third kappa shape index (κ3) is 18.2. The predicted octanol–water partition coefficient (Wildman–Crippen LogP) is 0.260. The zero-order valence-electron chi connectivity index (χ0n) is 24.5. The Morgan fingerprint density at radius 2 is 1.00 bits per heavy atom. The highest BCUT2D eigenvalue weighted by Gasteiger charge is 2.24. The Hall–Kier alpha value is -1.83. The van der Waals surface area contributed by atoms with Crippen LogP contribution >= 0.6 is 0 Å². The molecule has 1 rings (SSSR count). The number of aliphatic hydroxyl groups excluding tert-OH is 1. The molecule has 0 amide bonds. The molecule has 1 atom stereocenters. The predicted molar refractivity (Wildman–Crippen MR) is 150 cm³/mol. The van der Waals surface area contributed by atoms with Gasteiger partial charge >= 0.3 is 17.9 Å². The number of quaternary nitrogens is 1. The molecule has 4 N–H and O–H groups in total. The molecule has 1 saturated heterocycles. The van der Waals surface area contributed by atoms with Gasteiger partial charge in [-0.05, 0) is 12.8 Å². The van der Waals surface area contributed by atoms with Crippen LogP contribution in [0.3, 0.4) is 0 Å². The second kappa shape index (κ2) is 19.3. The summed E-state index contributed by atoms with van der Waals surface area (Å²) in [5.74, 6) is -2.87. The number of aliphatic hydroxyl groups is 1. The zero-order valence-corrected chi connectivity index (χ0v) is 24.5. The fraction of sp³-hybridized carbons (Fsp3) is 0.889. The van der Waals surface area contributed by atoms with Gasteiger partial charge in [-0.1, -0.05) is 32.6 Å². The summed E-state index contributed by atoms with van der Waals surface area (Å²) in [6.07, 6.45) is 6.79. The molecular weight excluding hydrogens is 506 g/mol. The zero-order chi connectivity index (χ0) is 29.3. The second-order valence-electron chi connectivity index (χ2n) is 11.6. The van der Waals surface area contributed by atoms with E-state index in [-0.39, 0.29) is 19.6 Å². The summed E-state index contributed by atoms with van der Waals surface area (Å²) in [7, 11) is 4.27. The molecule has 12 heteroatoms. The number of hydrogen-bond acceptors (Lipinski definition) is 8. The maximum absolute atomic E-state index is 11.5. The van der Waals surface area contributed by atoms with E-state index >= 15 is 0 Å². The van der Waals surface area contributed by atoms with Crippen molar-refractivity contribution in [3.05, 3.63) is 0 Å². The minimum Gasteiger partial charge on any atom is -0.480 e. The van der Waals surface area contributed by atoms with Crippen molar-refractivity contribution in [1.82, 2.24) is 19.6 Å². The summed E-state index contributed by atoms with van der Waals surface area (Å²) in [5, 5.41) is 39.1. The van der Waals surface area contributed by atoms with Crippen LogP contribution in [0.5, 0.6) is 0 Å². The summed E-state index contributed by atoms with van der Waals surface area (Å²) in [5.41, 5.74) is 0. The number of carbonyl (C=O) groups is 3. The molecule has 12 nitrogen and oxygen atoms in total. The van der Waals surface area contributed by atoms with E-state index in [4.69, 9.17) is 0 Å². The van der Waals surface area contributed by atoms with E-state index in [0.29, 0.717) is 65.4 Å². The van der Waals surface area contributed by atoms with E-state index in [9.17, 15) is 34.8 Å². The fourth-order valence-electron chi connectivity index (χ4n) is 5.15. The molecule has 228 valence electrons. The molecule has 0 aliphatic carbocycles. The van der Waals surface area contributed by atoms with Crippen molar-refractivity contribution in [2.24, 2.45) is 0 Å². The summed E-state index contributed by atoms with van der Waals surface area (Å²) in [4.78, 5) is 41.6. The molecule has 0 aromatic rings. The highest BCUT2D eigenvalue weighted by atomic mass is 16.4. The molecule has 1 heterocycles. The van der Waals surface area contributed by atoms with Gasteiger partial charge in [-0.15, -0.1) is 0 Å². The molecule has 1 fully saturated rings. The molecule has 1 aliphatic rings. The Morgan fingerprint density at radius 3 is 1.38 bits per heavy atom. The van der Waals surface area contributed by atoms with Crippen molar-refractivity contribution in [1.29, 1.82) is 0 Å². The first kappa shape index (κ1) is 35.2. The van der Waals surface area contributed by atoms with Crippen molar-refractivity contribution < 1.29 is 39.3 Å². The van der Waals surface area contributed by atoms with Crippen LogP contribution in [0, 0.1) is 0 Å². The Bertz CT molecular complexity index is 693. The number of nitrogens with zero attached hydrogens (tertiary/aromatic N) is 5. The van der Waals surface area contributed by atoms with Gasteiger partial charge in [0.15, 0.2) is 0 Å². The van der Waals surface area contributed by atoms with Crippen molar-refractivity contribution in [2.45, 2.75) is 51.6 Å². The lowest BCUT2D eigenvalue weighted by atomic mass is 10.1. The lowest BCUT2D eigenvalue weighted by molar-refractivity contribution is -0.893. The summed E-state index contributed by atoms with van der Waals surface area (Å²) < 4.78 is 0.721. The first-order valence-corrected chi connectivity index (χ1v) is 14.4. The number of hydrogen-bond donors (Lipinski definition) is 4. The van der Waals surface area contributed by atoms with Gasteiger partial charge in [0, 0.05) is 58.9 Å². The Balaban J connectivity index is 2.83. The third-order valence-electron chi connectivity index (χ3n) is 7.30. The quantitative estimate of drug-likeness (QED) is 0.144. The Kier molecular flexibility index (Phi) is 17.4. The number of unbranched alkanes of at least 4 members (excludes halogenated alkanes) is 5. The van der Waals surface area contributed by atoms with Gasteiger partial charge in [0.1, 0.15) is 12.6 Å². The molecule has 0 spiro atoms. The summed E-state index contributed by atoms with van der Waals surface area (Å²) in [6.45, 7) is 7.21. The second-order valence-corrected chi connectivity index (χ2v) is 11.6. The van der Waals surface area contributed by atoms with Crippen LogP contribution < -0.4 is 0 Å². The average molecular weight is 561 g/mol. The van der Waals surface area contributed by atoms with E-state index < -0.39 is 24.0 Å². The van der Waals surface area contributed by atoms with E-state index in [1.807, 2.05) is 0 Å². The van der Waals surface area contributed by atoms with Crippen LogP contribution in [-0.2, 0) is 14.4 Å². The van der Waals surface area contributed by atoms with Crippen molar-refractivity contribution in [3.63, 3.8) is 0 Å². The van der Waals surface area contributed by atoms with Crippen LogP contribution in [0.25, 0.3) is 0 Å². The van der Waals surface area contributed by atoms with E-state index in [1.165, 1.54) is 32.1 Å². The van der Waals surface area contributed by atoms with Crippen molar-refractivity contribution in [3.8, 4) is 0 Å². The van der Waals surface area contributed by atoms with Gasteiger partial charge in [0.05, 0.1) is 40.3 Å². The van der Waals surface area contributed by atoms with E-state index in [1.54, 1.807) is 14.7 Å². The topological polar surface area (TPSA) is 145 Å². The molecule has 0 saturated carbocycles. The lowest BCUT2D eigenvalue weighted by Gasteiger charge is -2.36. The summed E-state index contributed by atoms with van der Waals surface area (Å²) in [6, 6.07) is 0. The van der Waals surface area contributed by atoms with Crippen LogP contribution in [-0.4, -0.2) is 174 Å². The fourth-order valence-corrected chi connectivity index (χ4v) is 5.15. The highest BCUT2D eigenvalue weighted by Crippen LogP contribution is 2.10. The molecule has 1 aliphatic heterocycles. The largest absolute Gasteiger partial charge is 0.480 e. The first-order valence-electron chi connectivity index (χ1n) is 14.4. The Morgan fingerprint density at radius 1 is 0.641 bits per heavy atom. The number of likely N-dealkylation sites (N-methyl/N-ethyl adjacent to an activating group) is 1. The van der Waals surface area contributed by atoms with Gasteiger partial charge in [-0.2, -0.15) is 0 Å². The molecule has 1 unspecified atom stereocenters.